The maximum absolute atomic E-state index is 12.0. The van der Waals surface area contributed by atoms with Crippen molar-refractivity contribution in [2.75, 3.05) is 26.2 Å². The topological polar surface area (TPSA) is 76.2 Å². The van der Waals surface area contributed by atoms with Crippen molar-refractivity contribution in [3.8, 4) is 0 Å². The minimum absolute atomic E-state index is 0.134. The van der Waals surface area contributed by atoms with Gasteiger partial charge in [0.05, 0.1) is 11.8 Å². The molecule has 1 aliphatic heterocycles. The molecule has 0 saturated carbocycles. The maximum Gasteiger partial charge on any atom is 0.254 e. The summed E-state index contributed by atoms with van der Waals surface area (Å²) in [5.74, 6) is 1.82. The number of rotatable bonds is 7. The van der Waals surface area contributed by atoms with Crippen LogP contribution in [-0.4, -0.2) is 51.8 Å². The number of nitrogens with zero attached hydrogens (tertiary/aromatic N) is 4. The number of aromatic nitrogens is 3. The van der Waals surface area contributed by atoms with Crippen LogP contribution in [0, 0.1) is 0 Å². The zero-order valence-corrected chi connectivity index (χ0v) is 16.3. The van der Waals surface area contributed by atoms with Crippen molar-refractivity contribution < 1.29 is 9.21 Å². The molecule has 150 valence electrons. The van der Waals surface area contributed by atoms with Crippen molar-refractivity contribution in [3.63, 3.8) is 0 Å². The molecule has 4 rings (SSSR count). The standard InChI is InChI=1S/C22H25N5O2/c28-22(19-10-16-29-17-19)23-11-8-20-24-25-21-9-13-26(14-15-27(20)21)12-4-7-18-5-2-1-3-6-18/h1-7,10,16-17H,8-9,11-15H2,(H,23,28). The van der Waals surface area contributed by atoms with Gasteiger partial charge in [-0.1, -0.05) is 42.5 Å². The lowest BCUT2D eigenvalue weighted by Gasteiger charge is -2.17. The van der Waals surface area contributed by atoms with Gasteiger partial charge in [0.15, 0.2) is 0 Å². The van der Waals surface area contributed by atoms with Crippen molar-refractivity contribution >= 4 is 12.0 Å². The molecule has 1 aliphatic rings. The maximum atomic E-state index is 12.0. The predicted molar refractivity (Wildman–Crippen MR) is 110 cm³/mol. The Bertz CT molecular complexity index is 947. The number of nitrogens with one attached hydrogen (secondary N) is 1. The number of carbonyl (C=O) groups is 1. The molecule has 3 heterocycles. The Morgan fingerprint density at radius 2 is 2.03 bits per heavy atom. The molecule has 0 unspecified atom stereocenters. The quantitative estimate of drug-likeness (QED) is 0.669. The van der Waals surface area contributed by atoms with Crippen LogP contribution in [0.3, 0.4) is 0 Å². The highest BCUT2D eigenvalue weighted by Gasteiger charge is 2.18. The Balaban J connectivity index is 1.27. The van der Waals surface area contributed by atoms with Crippen LogP contribution in [0.25, 0.3) is 6.08 Å². The van der Waals surface area contributed by atoms with Crippen molar-refractivity contribution in [2.24, 2.45) is 0 Å². The van der Waals surface area contributed by atoms with Crippen LogP contribution in [0.5, 0.6) is 0 Å². The smallest absolute Gasteiger partial charge is 0.254 e. The Morgan fingerprint density at radius 1 is 1.14 bits per heavy atom. The normalized spacial score (nSPS) is 14.6. The second-order valence-electron chi connectivity index (χ2n) is 7.07. The summed E-state index contributed by atoms with van der Waals surface area (Å²) in [7, 11) is 0. The second-order valence-corrected chi connectivity index (χ2v) is 7.07. The van der Waals surface area contributed by atoms with E-state index < -0.39 is 0 Å². The van der Waals surface area contributed by atoms with Crippen LogP contribution in [-0.2, 0) is 19.4 Å². The van der Waals surface area contributed by atoms with E-state index in [4.69, 9.17) is 4.42 Å². The minimum atomic E-state index is -0.134. The summed E-state index contributed by atoms with van der Waals surface area (Å²) in [6, 6.07) is 12.0. The second kappa shape index (κ2) is 9.34. The summed E-state index contributed by atoms with van der Waals surface area (Å²) in [6.07, 6.45) is 8.86. The highest BCUT2D eigenvalue weighted by atomic mass is 16.3. The monoisotopic (exact) mass is 391 g/mol. The third kappa shape index (κ3) is 5.00. The molecule has 0 aliphatic carbocycles. The molecule has 7 heteroatoms. The molecule has 2 aromatic heterocycles. The van der Waals surface area contributed by atoms with Gasteiger partial charge in [-0.15, -0.1) is 10.2 Å². The fourth-order valence-electron chi connectivity index (χ4n) is 3.48. The first kappa shape index (κ1) is 19.1. The van der Waals surface area contributed by atoms with Gasteiger partial charge in [0, 0.05) is 45.6 Å². The molecule has 1 aromatic carbocycles. The summed E-state index contributed by atoms with van der Waals surface area (Å²) in [6.45, 7) is 4.23. The molecule has 0 radical (unpaired) electrons. The molecule has 3 aromatic rings. The fourth-order valence-corrected chi connectivity index (χ4v) is 3.48. The van der Waals surface area contributed by atoms with Gasteiger partial charge < -0.3 is 14.3 Å². The number of carbonyl (C=O) groups excluding carboxylic acids is 1. The first-order valence-corrected chi connectivity index (χ1v) is 9.95. The molecule has 0 bridgehead atoms. The Labute approximate surface area is 170 Å². The summed E-state index contributed by atoms with van der Waals surface area (Å²) in [5.41, 5.74) is 1.75. The molecule has 7 nitrogen and oxygen atoms in total. The Morgan fingerprint density at radius 3 is 2.86 bits per heavy atom. The number of furan rings is 1. The number of hydrogen-bond donors (Lipinski definition) is 1. The van der Waals surface area contributed by atoms with Crippen LogP contribution >= 0.6 is 0 Å². The van der Waals surface area contributed by atoms with Crippen molar-refractivity contribution in [2.45, 2.75) is 19.4 Å². The lowest BCUT2D eigenvalue weighted by Crippen LogP contribution is -2.28. The van der Waals surface area contributed by atoms with Crippen LogP contribution in [0.2, 0.25) is 0 Å². The average Bonchev–Trinajstić information content (AvgIpc) is 3.37. The van der Waals surface area contributed by atoms with E-state index in [1.807, 2.05) is 6.07 Å². The third-order valence-electron chi connectivity index (χ3n) is 5.09. The van der Waals surface area contributed by atoms with Crippen LogP contribution in [0.4, 0.5) is 0 Å². The molecule has 0 spiro atoms. The summed E-state index contributed by atoms with van der Waals surface area (Å²) in [4.78, 5) is 14.4. The highest BCUT2D eigenvalue weighted by molar-refractivity contribution is 5.93. The minimum Gasteiger partial charge on any atom is -0.472 e. The molecule has 0 fully saturated rings. The molecule has 29 heavy (non-hydrogen) atoms. The molecular weight excluding hydrogens is 366 g/mol. The predicted octanol–water partition coefficient (Wildman–Crippen LogP) is 2.42. The SMILES string of the molecule is O=C(NCCc1nnc2n1CCN(CC=Cc1ccccc1)CC2)c1ccoc1. The van der Waals surface area contributed by atoms with Crippen LogP contribution in [0.1, 0.15) is 27.6 Å². The molecular formula is C22H25N5O2. The molecule has 0 atom stereocenters. The summed E-state index contributed by atoms with van der Waals surface area (Å²) in [5, 5.41) is 11.6. The number of amides is 1. The summed E-state index contributed by atoms with van der Waals surface area (Å²) < 4.78 is 7.14. The van der Waals surface area contributed by atoms with E-state index in [1.54, 1.807) is 6.07 Å². The number of hydrogen-bond acceptors (Lipinski definition) is 5. The van der Waals surface area contributed by atoms with E-state index in [2.05, 4.69) is 61.4 Å². The van der Waals surface area contributed by atoms with E-state index in [1.165, 1.54) is 18.1 Å². The first-order chi connectivity index (χ1) is 14.3. The lowest BCUT2D eigenvalue weighted by molar-refractivity contribution is 0.0953. The van der Waals surface area contributed by atoms with Crippen LogP contribution in [0.15, 0.2) is 59.4 Å². The van der Waals surface area contributed by atoms with E-state index in [-0.39, 0.29) is 5.91 Å². The fraction of sp³-hybridized carbons (Fsp3) is 0.318. The van der Waals surface area contributed by atoms with Gasteiger partial charge in [-0.2, -0.15) is 0 Å². The molecule has 0 saturated heterocycles. The highest BCUT2D eigenvalue weighted by Crippen LogP contribution is 2.11. The lowest BCUT2D eigenvalue weighted by atomic mass is 10.2. The molecule has 1 amide bonds. The number of fused-ring (bicyclic) bond motifs is 1. The van der Waals surface area contributed by atoms with E-state index in [0.29, 0.717) is 18.5 Å². The zero-order chi connectivity index (χ0) is 19.9. The van der Waals surface area contributed by atoms with Crippen molar-refractivity contribution in [1.82, 2.24) is 25.0 Å². The van der Waals surface area contributed by atoms with Crippen LogP contribution < -0.4 is 5.32 Å². The number of benzene rings is 1. The average molecular weight is 391 g/mol. The Hall–Kier alpha value is -3.19. The largest absolute Gasteiger partial charge is 0.472 e. The van der Waals surface area contributed by atoms with Gasteiger partial charge in [0.2, 0.25) is 0 Å². The third-order valence-corrected chi connectivity index (χ3v) is 5.09. The summed E-state index contributed by atoms with van der Waals surface area (Å²) >= 11 is 0. The van der Waals surface area contributed by atoms with Gasteiger partial charge in [-0.25, -0.2) is 0 Å². The van der Waals surface area contributed by atoms with Gasteiger partial charge >= 0.3 is 0 Å². The molecule has 1 N–H and O–H groups in total. The van der Waals surface area contributed by atoms with Crippen molar-refractivity contribution in [3.05, 3.63) is 77.8 Å². The van der Waals surface area contributed by atoms with Crippen molar-refractivity contribution in [1.29, 1.82) is 0 Å². The van der Waals surface area contributed by atoms with E-state index in [9.17, 15) is 4.79 Å². The zero-order valence-electron chi connectivity index (χ0n) is 16.3. The Kier molecular flexibility index (Phi) is 6.16. The van der Waals surface area contributed by atoms with Gasteiger partial charge in [0.1, 0.15) is 17.9 Å². The van der Waals surface area contributed by atoms with Gasteiger partial charge in [-0.3, -0.25) is 9.69 Å². The van der Waals surface area contributed by atoms with Gasteiger partial charge in [0.25, 0.3) is 5.91 Å². The van der Waals surface area contributed by atoms with Gasteiger partial charge in [-0.05, 0) is 11.6 Å². The van der Waals surface area contributed by atoms with E-state index in [0.717, 1.165) is 44.2 Å². The first-order valence-electron chi connectivity index (χ1n) is 9.95. The van der Waals surface area contributed by atoms with E-state index >= 15 is 0 Å².